The Hall–Kier alpha value is -3.34. The van der Waals surface area contributed by atoms with Gasteiger partial charge in [0.2, 0.25) is 0 Å². The first kappa shape index (κ1) is 19.4. The molecule has 0 aromatic heterocycles. The molecule has 0 heterocycles. The first-order valence-corrected chi connectivity index (χ1v) is 8.54. The molecular weight excluding hydrogens is 365 g/mol. The van der Waals surface area contributed by atoms with Gasteiger partial charge in [0.1, 0.15) is 17.5 Å². The van der Waals surface area contributed by atoms with E-state index < -0.39 is 28.8 Å². The van der Waals surface area contributed by atoms with Crippen LogP contribution >= 0.6 is 0 Å². The summed E-state index contributed by atoms with van der Waals surface area (Å²) in [5.41, 5.74) is 0.320. The quantitative estimate of drug-likeness (QED) is 0.585. The van der Waals surface area contributed by atoms with Crippen molar-refractivity contribution in [1.29, 1.82) is 0 Å². The Morgan fingerprint density at radius 2 is 1.11 bits per heavy atom. The van der Waals surface area contributed by atoms with E-state index in [2.05, 4.69) is 0 Å². The third kappa shape index (κ3) is 3.83. The van der Waals surface area contributed by atoms with Crippen molar-refractivity contribution in [1.82, 2.24) is 0 Å². The monoisotopic (exact) mass is 382 g/mol. The van der Waals surface area contributed by atoms with Gasteiger partial charge in [-0.25, -0.2) is 18.0 Å². The van der Waals surface area contributed by atoms with E-state index in [-0.39, 0.29) is 5.57 Å². The molecule has 0 atom stereocenters. The first-order chi connectivity index (χ1) is 13.3. The Kier molecular flexibility index (Phi) is 5.36. The second kappa shape index (κ2) is 7.72. The highest BCUT2D eigenvalue weighted by atomic mass is 19.1. The number of hydrogen-bond acceptors (Lipinski definition) is 1. The van der Waals surface area contributed by atoms with E-state index in [0.29, 0.717) is 16.7 Å². The van der Waals surface area contributed by atoms with Crippen LogP contribution in [-0.4, -0.2) is 11.1 Å². The van der Waals surface area contributed by atoms with Gasteiger partial charge >= 0.3 is 5.97 Å². The van der Waals surface area contributed by atoms with Gasteiger partial charge in [-0.3, -0.25) is 0 Å². The van der Waals surface area contributed by atoms with Crippen molar-refractivity contribution in [3.63, 3.8) is 0 Å². The Morgan fingerprint density at radius 3 is 1.46 bits per heavy atom. The second-order valence-corrected chi connectivity index (χ2v) is 6.55. The van der Waals surface area contributed by atoms with E-state index >= 15 is 0 Å². The van der Waals surface area contributed by atoms with Crippen molar-refractivity contribution >= 4 is 12.0 Å². The lowest BCUT2D eigenvalue weighted by molar-refractivity contribution is -0.133. The van der Waals surface area contributed by atoms with Gasteiger partial charge in [-0.15, -0.1) is 0 Å². The van der Waals surface area contributed by atoms with Crippen LogP contribution in [0.5, 0.6) is 0 Å². The topological polar surface area (TPSA) is 37.3 Å². The number of hydrogen-bond donors (Lipinski definition) is 1. The van der Waals surface area contributed by atoms with Gasteiger partial charge in [0.25, 0.3) is 0 Å². The molecule has 0 spiro atoms. The minimum absolute atomic E-state index is 0.0164. The van der Waals surface area contributed by atoms with E-state index in [0.717, 1.165) is 0 Å². The predicted molar refractivity (Wildman–Crippen MR) is 101 cm³/mol. The fraction of sp³-hybridized carbons (Fsp3) is 0.0870. The minimum Gasteiger partial charge on any atom is -0.478 e. The number of aliphatic carboxylic acids is 1. The van der Waals surface area contributed by atoms with E-state index in [1.807, 2.05) is 0 Å². The van der Waals surface area contributed by atoms with Gasteiger partial charge in [0.05, 0.1) is 5.57 Å². The standard InChI is InChI=1S/C23H17F3O2/c1-23(16-4-10-19(25)11-5-16,17-6-12-20(26)13-7-17)21(22(27)28)14-15-2-8-18(24)9-3-15/h2-14H,1H3,(H,27,28). The Bertz CT molecular complexity index is 960. The normalized spacial score (nSPS) is 12.1. The van der Waals surface area contributed by atoms with Gasteiger partial charge in [0, 0.05) is 5.41 Å². The van der Waals surface area contributed by atoms with Crippen LogP contribution in [0.25, 0.3) is 6.08 Å². The molecule has 0 radical (unpaired) electrons. The predicted octanol–water partition coefficient (Wildman–Crippen LogP) is 5.58. The molecule has 2 nitrogen and oxygen atoms in total. The zero-order chi connectivity index (χ0) is 20.3. The van der Waals surface area contributed by atoms with Crippen LogP contribution in [0.3, 0.4) is 0 Å². The molecule has 3 aromatic carbocycles. The molecule has 142 valence electrons. The minimum atomic E-state index is -1.21. The van der Waals surface area contributed by atoms with Crippen LogP contribution < -0.4 is 0 Å². The summed E-state index contributed by atoms with van der Waals surface area (Å²) < 4.78 is 40.1. The highest BCUT2D eigenvalue weighted by Gasteiger charge is 2.37. The van der Waals surface area contributed by atoms with Crippen LogP contribution in [-0.2, 0) is 10.2 Å². The zero-order valence-corrected chi connectivity index (χ0v) is 15.0. The molecule has 0 amide bonds. The molecule has 0 saturated heterocycles. The van der Waals surface area contributed by atoms with Crippen molar-refractivity contribution in [2.75, 3.05) is 0 Å². The number of carboxylic acid groups (broad SMARTS) is 1. The average Bonchev–Trinajstić information content (AvgIpc) is 2.68. The third-order valence-electron chi connectivity index (χ3n) is 4.79. The van der Waals surface area contributed by atoms with Crippen LogP contribution in [0.1, 0.15) is 23.6 Å². The number of benzene rings is 3. The molecule has 0 fully saturated rings. The molecule has 0 unspecified atom stereocenters. The van der Waals surface area contributed by atoms with Gasteiger partial charge in [-0.05, 0) is 66.1 Å². The molecular formula is C23H17F3O2. The van der Waals surface area contributed by atoms with E-state index in [1.165, 1.54) is 78.9 Å². The van der Waals surface area contributed by atoms with Crippen molar-refractivity contribution < 1.29 is 23.1 Å². The molecule has 28 heavy (non-hydrogen) atoms. The maximum absolute atomic E-state index is 13.5. The lowest BCUT2D eigenvalue weighted by Gasteiger charge is -2.32. The molecule has 0 aliphatic heterocycles. The van der Waals surface area contributed by atoms with Gasteiger partial charge in [-0.2, -0.15) is 0 Å². The lowest BCUT2D eigenvalue weighted by Crippen LogP contribution is -2.30. The van der Waals surface area contributed by atoms with Crippen molar-refractivity contribution in [2.45, 2.75) is 12.3 Å². The van der Waals surface area contributed by atoms with Gasteiger partial charge in [-0.1, -0.05) is 36.4 Å². The van der Waals surface area contributed by atoms with Crippen molar-refractivity contribution in [2.24, 2.45) is 0 Å². The van der Waals surface area contributed by atoms with E-state index in [4.69, 9.17) is 0 Å². The number of halogens is 3. The molecule has 3 rings (SSSR count). The van der Waals surface area contributed by atoms with E-state index in [9.17, 15) is 23.1 Å². The molecule has 0 saturated carbocycles. The molecule has 3 aromatic rings. The van der Waals surface area contributed by atoms with Crippen LogP contribution in [0.15, 0.2) is 78.4 Å². The summed E-state index contributed by atoms with van der Waals surface area (Å²) in [6.45, 7) is 1.68. The molecule has 5 heteroatoms. The number of carboxylic acids is 1. The first-order valence-electron chi connectivity index (χ1n) is 8.54. The maximum atomic E-state index is 13.5. The highest BCUT2D eigenvalue weighted by molar-refractivity contribution is 5.96. The fourth-order valence-corrected chi connectivity index (χ4v) is 3.19. The summed E-state index contributed by atoms with van der Waals surface area (Å²) in [7, 11) is 0. The van der Waals surface area contributed by atoms with Crippen molar-refractivity contribution in [3.8, 4) is 0 Å². The summed E-state index contributed by atoms with van der Waals surface area (Å²) in [5.74, 6) is -2.54. The molecule has 0 aliphatic rings. The molecule has 1 N–H and O–H groups in total. The maximum Gasteiger partial charge on any atom is 0.332 e. The Morgan fingerprint density at radius 1 is 0.750 bits per heavy atom. The molecule has 0 aliphatic carbocycles. The molecule has 0 bridgehead atoms. The Balaban J connectivity index is 2.26. The van der Waals surface area contributed by atoms with Crippen LogP contribution in [0, 0.1) is 17.5 Å². The SMILES string of the molecule is CC(C(=Cc1ccc(F)cc1)C(=O)O)(c1ccc(F)cc1)c1ccc(F)cc1. The summed E-state index contributed by atoms with van der Waals surface area (Å²) in [5, 5.41) is 9.97. The lowest BCUT2D eigenvalue weighted by atomic mass is 9.70. The summed E-state index contributed by atoms with van der Waals surface area (Å²) in [6.07, 6.45) is 1.44. The third-order valence-corrected chi connectivity index (χ3v) is 4.79. The number of carbonyl (C=O) groups is 1. The summed E-state index contributed by atoms with van der Waals surface area (Å²) in [4.78, 5) is 12.2. The average molecular weight is 382 g/mol. The summed E-state index contributed by atoms with van der Waals surface area (Å²) in [6, 6.07) is 16.4. The summed E-state index contributed by atoms with van der Waals surface area (Å²) >= 11 is 0. The van der Waals surface area contributed by atoms with Crippen LogP contribution in [0.2, 0.25) is 0 Å². The number of rotatable bonds is 5. The smallest absolute Gasteiger partial charge is 0.332 e. The van der Waals surface area contributed by atoms with E-state index in [1.54, 1.807) is 6.92 Å². The second-order valence-electron chi connectivity index (χ2n) is 6.55. The highest BCUT2D eigenvalue weighted by Crippen LogP contribution is 2.40. The largest absolute Gasteiger partial charge is 0.478 e. The van der Waals surface area contributed by atoms with Crippen LogP contribution in [0.4, 0.5) is 13.2 Å². The van der Waals surface area contributed by atoms with Gasteiger partial charge in [0.15, 0.2) is 0 Å². The fourth-order valence-electron chi connectivity index (χ4n) is 3.19. The van der Waals surface area contributed by atoms with Crippen molar-refractivity contribution in [3.05, 3.63) is 113 Å². The van der Waals surface area contributed by atoms with Gasteiger partial charge < -0.3 is 5.11 Å². The Labute approximate surface area is 160 Å². The zero-order valence-electron chi connectivity index (χ0n) is 15.0.